The van der Waals surface area contributed by atoms with Crippen LogP contribution in [0.5, 0.6) is 0 Å². The first-order valence-electron chi connectivity index (χ1n) is 7.46. The highest BCUT2D eigenvalue weighted by Crippen LogP contribution is 2.36. The first-order valence-corrected chi connectivity index (χ1v) is 7.46. The zero-order chi connectivity index (χ0) is 16.3. The summed E-state index contributed by atoms with van der Waals surface area (Å²) in [5.74, 6) is -0.406. The fraction of sp³-hybridized carbons (Fsp3) is 0.150. The van der Waals surface area contributed by atoms with Crippen molar-refractivity contribution in [3.63, 3.8) is 0 Å². The van der Waals surface area contributed by atoms with Gasteiger partial charge in [0.1, 0.15) is 5.71 Å². The summed E-state index contributed by atoms with van der Waals surface area (Å²) < 4.78 is 0. The second-order valence-electron chi connectivity index (χ2n) is 5.65. The summed E-state index contributed by atoms with van der Waals surface area (Å²) in [6.07, 6.45) is 1.76. The Morgan fingerprint density at radius 1 is 1.04 bits per heavy atom. The van der Waals surface area contributed by atoms with Gasteiger partial charge in [0.25, 0.3) is 0 Å². The van der Waals surface area contributed by atoms with E-state index in [0.29, 0.717) is 5.71 Å². The third-order valence-electron chi connectivity index (χ3n) is 3.77. The van der Waals surface area contributed by atoms with Crippen LogP contribution in [0, 0.1) is 0 Å². The van der Waals surface area contributed by atoms with Gasteiger partial charge in [-0.1, -0.05) is 65.8 Å². The second-order valence-corrected chi connectivity index (χ2v) is 5.65. The van der Waals surface area contributed by atoms with E-state index in [1.165, 1.54) is 0 Å². The molecule has 2 aromatic rings. The van der Waals surface area contributed by atoms with Crippen molar-refractivity contribution in [2.45, 2.75) is 19.3 Å². The van der Waals surface area contributed by atoms with Crippen LogP contribution in [0.15, 0.2) is 83.2 Å². The molecule has 2 aromatic carbocycles. The lowest BCUT2D eigenvalue weighted by Gasteiger charge is -2.22. The number of hydrogen-bond acceptors (Lipinski definition) is 3. The van der Waals surface area contributed by atoms with Gasteiger partial charge in [-0.3, -0.25) is 0 Å². The predicted molar refractivity (Wildman–Crippen MR) is 90.1 cm³/mol. The quantitative estimate of drug-likeness (QED) is 0.635. The fourth-order valence-electron chi connectivity index (χ4n) is 2.62. The van der Waals surface area contributed by atoms with Crippen LogP contribution in [0.3, 0.4) is 0 Å². The highest BCUT2D eigenvalue weighted by Gasteiger charge is 2.50. The Labute approximate surface area is 135 Å². The molecule has 3 nitrogen and oxygen atoms in total. The minimum Gasteiger partial charge on any atom is -0.316 e. The largest absolute Gasteiger partial charge is 0.356 e. The Bertz CT molecular complexity index is 811. The highest BCUT2D eigenvalue weighted by molar-refractivity contribution is 6.23. The summed E-state index contributed by atoms with van der Waals surface area (Å²) >= 11 is 0. The Kier molecular flexibility index (Phi) is 3.96. The molecule has 0 aliphatic carbocycles. The monoisotopic (exact) mass is 303 g/mol. The molecular weight excluding hydrogens is 286 g/mol. The highest BCUT2D eigenvalue weighted by atomic mass is 16.7. The molecule has 0 saturated heterocycles. The molecule has 0 saturated carbocycles. The van der Waals surface area contributed by atoms with Gasteiger partial charge >= 0.3 is 5.97 Å². The molecule has 0 radical (unpaired) electrons. The second kappa shape index (κ2) is 6.07. The van der Waals surface area contributed by atoms with Crippen molar-refractivity contribution in [1.29, 1.82) is 0 Å². The molecule has 1 aliphatic rings. The van der Waals surface area contributed by atoms with E-state index in [9.17, 15) is 4.79 Å². The summed E-state index contributed by atoms with van der Waals surface area (Å²) in [5, 5.41) is 4.08. The zero-order valence-electron chi connectivity index (χ0n) is 13.1. The van der Waals surface area contributed by atoms with Gasteiger partial charge in [-0.2, -0.15) is 0 Å². The molecule has 1 unspecified atom stereocenters. The van der Waals surface area contributed by atoms with Gasteiger partial charge in [0.2, 0.25) is 0 Å². The van der Waals surface area contributed by atoms with Gasteiger partial charge in [0.05, 0.1) is 0 Å². The molecule has 1 heterocycles. The van der Waals surface area contributed by atoms with Crippen molar-refractivity contribution in [2.75, 3.05) is 0 Å². The maximum atomic E-state index is 12.7. The van der Waals surface area contributed by atoms with Crippen molar-refractivity contribution < 1.29 is 9.63 Å². The number of rotatable bonds is 3. The van der Waals surface area contributed by atoms with Gasteiger partial charge in [-0.25, -0.2) is 4.79 Å². The van der Waals surface area contributed by atoms with Gasteiger partial charge in [0, 0.05) is 5.56 Å². The summed E-state index contributed by atoms with van der Waals surface area (Å²) in [4.78, 5) is 17.8. The number of carbonyl (C=O) groups excluding carboxylic acids is 1. The lowest BCUT2D eigenvalue weighted by molar-refractivity contribution is -0.143. The van der Waals surface area contributed by atoms with Crippen molar-refractivity contribution in [3.8, 4) is 0 Å². The molecule has 0 N–H and O–H groups in total. The molecule has 0 fully saturated rings. The van der Waals surface area contributed by atoms with Crippen LogP contribution in [0.25, 0.3) is 0 Å². The number of benzene rings is 2. The van der Waals surface area contributed by atoms with E-state index in [2.05, 4.69) is 10.9 Å². The summed E-state index contributed by atoms with van der Waals surface area (Å²) in [6, 6.07) is 19.2. The van der Waals surface area contributed by atoms with E-state index in [0.717, 1.165) is 16.7 Å². The van der Waals surface area contributed by atoms with Gasteiger partial charge in [-0.05, 0) is 31.1 Å². The predicted octanol–water partition coefficient (Wildman–Crippen LogP) is 4.01. The molecule has 0 spiro atoms. The Morgan fingerprint density at radius 2 is 1.65 bits per heavy atom. The van der Waals surface area contributed by atoms with Crippen molar-refractivity contribution >= 4 is 11.7 Å². The SMILES string of the molecule is CC(C)=C=CC1(c2ccccc2)C(=O)ON=C1c1ccccc1. The number of carbonyl (C=O) groups is 1. The topological polar surface area (TPSA) is 38.7 Å². The first kappa shape index (κ1) is 15.0. The number of oxime groups is 1. The summed E-state index contributed by atoms with van der Waals surface area (Å²) in [7, 11) is 0. The molecule has 0 amide bonds. The molecule has 1 atom stereocenters. The van der Waals surface area contributed by atoms with Crippen molar-refractivity contribution in [2.24, 2.45) is 5.16 Å². The van der Waals surface area contributed by atoms with Crippen LogP contribution in [0.4, 0.5) is 0 Å². The Hall–Kier alpha value is -2.90. The minimum absolute atomic E-state index is 0.406. The number of nitrogens with zero attached hydrogens (tertiary/aromatic N) is 1. The van der Waals surface area contributed by atoms with Crippen molar-refractivity contribution in [3.05, 3.63) is 89.2 Å². The van der Waals surface area contributed by atoms with Gasteiger partial charge in [0.15, 0.2) is 5.41 Å². The Balaban J connectivity index is 2.27. The van der Waals surface area contributed by atoms with E-state index in [4.69, 9.17) is 4.84 Å². The lowest BCUT2D eigenvalue weighted by Crippen LogP contribution is -2.38. The standard InChI is InChI=1S/C20H17NO2/c1-15(2)13-14-20(17-11-7-4-8-12-17)18(21-23-19(20)22)16-9-5-3-6-10-16/h3-12,14H,1-2H3. The molecular formula is C20H17NO2. The molecule has 1 aliphatic heterocycles. The number of hydrogen-bond donors (Lipinski definition) is 0. The lowest BCUT2D eigenvalue weighted by atomic mass is 9.74. The minimum atomic E-state index is -1.07. The summed E-state index contributed by atoms with van der Waals surface area (Å²) in [6.45, 7) is 3.88. The Morgan fingerprint density at radius 3 is 2.26 bits per heavy atom. The summed E-state index contributed by atoms with van der Waals surface area (Å²) in [5.41, 5.74) is 5.34. The van der Waals surface area contributed by atoms with Crippen LogP contribution in [0.1, 0.15) is 25.0 Å². The first-order chi connectivity index (χ1) is 11.1. The fourth-order valence-corrected chi connectivity index (χ4v) is 2.62. The van der Waals surface area contributed by atoms with E-state index < -0.39 is 11.4 Å². The van der Waals surface area contributed by atoms with Crippen LogP contribution < -0.4 is 0 Å². The van der Waals surface area contributed by atoms with Gasteiger partial charge < -0.3 is 4.84 Å². The average molecular weight is 303 g/mol. The zero-order valence-corrected chi connectivity index (χ0v) is 13.1. The van der Waals surface area contributed by atoms with E-state index in [-0.39, 0.29) is 0 Å². The molecule has 0 aromatic heterocycles. The molecule has 0 bridgehead atoms. The normalized spacial score (nSPS) is 19.6. The van der Waals surface area contributed by atoms with E-state index >= 15 is 0 Å². The molecule has 23 heavy (non-hydrogen) atoms. The van der Waals surface area contributed by atoms with Gasteiger partial charge in [-0.15, -0.1) is 5.73 Å². The molecule has 3 heteroatoms. The molecule has 3 rings (SSSR count). The third-order valence-corrected chi connectivity index (χ3v) is 3.77. The average Bonchev–Trinajstić information content (AvgIpc) is 2.92. The van der Waals surface area contributed by atoms with Crippen molar-refractivity contribution in [1.82, 2.24) is 0 Å². The maximum Gasteiger partial charge on any atom is 0.356 e. The van der Waals surface area contributed by atoms with Crippen LogP contribution >= 0.6 is 0 Å². The van der Waals surface area contributed by atoms with E-state index in [1.54, 1.807) is 6.08 Å². The molecule has 114 valence electrons. The maximum absolute atomic E-state index is 12.7. The van der Waals surface area contributed by atoms with Crippen LogP contribution in [-0.2, 0) is 15.0 Å². The van der Waals surface area contributed by atoms with E-state index in [1.807, 2.05) is 74.5 Å². The van der Waals surface area contributed by atoms with Crippen LogP contribution in [-0.4, -0.2) is 11.7 Å². The smallest absolute Gasteiger partial charge is 0.316 e. The van der Waals surface area contributed by atoms with Crippen LogP contribution in [0.2, 0.25) is 0 Å². The third kappa shape index (κ3) is 2.63.